The van der Waals surface area contributed by atoms with Gasteiger partial charge in [0.25, 0.3) is 10.1 Å². The van der Waals surface area contributed by atoms with E-state index in [-0.39, 0.29) is 100 Å². The fourth-order valence-corrected chi connectivity index (χ4v) is 9.37. The molecule has 210 valence electrons. The van der Waals surface area contributed by atoms with Gasteiger partial charge >= 0.3 is 29.6 Å². The van der Waals surface area contributed by atoms with Crippen molar-refractivity contribution < 1.29 is 68.4 Å². The molecule has 9 nitrogen and oxygen atoms in total. The van der Waals surface area contributed by atoms with Crippen molar-refractivity contribution in [2.24, 2.45) is 51.3 Å². The third kappa shape index (κ3) is 6.43. The molecular formula is C26H46NNaO8S. The first-order valence-electron chi connectivity index (χ1n) is 13.5. The maximum atomic E-state index is 12.2. The molecule has 0 radical (unpaired) electrons. The first-order valence-corrected chi connectivity index (χ1v) is 15.1. The van der Waals surface area contributed by atoms with Gasteiger partial charge in [0.15, 0.2) is 0 Å². The number of hydrogen-bond acceptors (Lipinski definition) is 7. The van der Waals surface area contributed by atoms with Crippen molar-refractivity contribution >= 4 is 16.0 Å². The van der Waals surface area contributed by atoms with E-state index in [1.54, 1.807) is 0 Å². The summed E-state index contributed by atoms with van der Waals surface area (Å²) < 4.78 is 30.4. The van der Waals surface area contributed by atoms with E-state index < -0.39 is 28.1 Å². The predicted molar refractivity (Wildman–Crippen MR) is 135 cm³/mol. The Morgan fingerprint density at radius 3 is 2.41 bits per heavy atom. The van der Waals surface area contributed by atoms with Gasteiger partial charge in [0, 0.05) is 0 Å². The minimum Gasteiger partial charge on any atom is -0.862 e. The number of hydrogen-bond donors (Lipinski definition) is 4. The van der Waals surface area contributed by atoms with E-state index in [2.05, 4.69) is 25.8 Å². The number of aliphatic hydroxyl groups is 3. The quantitative estimate of drug-likeness (QED) is 0.124. The Bertz CT molecular complexity index is 918. The van der Waals surface area contributed by atoms with Crippen LogP contribution in [0.2, 0.25) is 0 Å². The molecule has 4 aliphatic rings. The molecular weight excluding hydrogens is 509 g/mol. The molecule has 4 fully saturated rings. The zero-order chi connectivity index (χ0) is 25.8. The first kappa shape index (κ1) is 33.4. The number of rotatable bonds is 7. The molecule has 0 spiro atoms. The van der Waals surface area contributed by atoms with E-state index in [1.165, 1.54) is 0 Å². The molecule has 0 aromatic rings. The minimum absolute atomic E-state index is 0. The molecule has 37 heavy (non-hydrogen) atoms. The van der Waals surface area contributed by atoms with Gasteiger partial charge in [0.05, 0.1) is 30.6 Å². The average molecular weight is 556 g/mol. The first-order chi connectivity index (χ1) is 16.3. The molecule has 11 atom stereocenters. The molecule has 4 unspecified atom stereocenters. The van der Waals surface area contributed by atoms with Crippen molar-refractivity contribution in [2.45, 2.75) is 96.9 Å². The van der Waals surface area contributed by atoms with E-state index in [1.807, 2.05) is 0 Å². The van der Waals surface area contributed by atoms with Crippen molar-refractivity contribution in [3.63, 3.8) is 0 Å². The van der Waals surface area contributed by atoms with Crippen LogP contribution >= 0.6 is 0 Å². The van der Waals surface area contributed by atoms with Crippen LogP contribution in [0.4, 0.5) is 0 Å². The van der Waals surface area contributed by atoms with Crippen LogP contribution in [0.3, 0.4) is 0 Å². The summed E-state index contributed by atoms with van der Waals surface area (Å²) in [6.45, 7) is 6.41. The SMILES string of the molecule is C[C@H](CCC([O-])=NCCS(=O)(=O)O)[C@H]1CCC2C3C(C[C@H](O)[C@@]21C)[C@@]1(C)CC[C@@H](O)CC1C[C@H]3O.O.[Na+]. The third-order valence-electron chi connectivity index (χ3n) is 11.0. The molecule has 6 N–H and O–H groups in total. The summed E-state index contributed by atoms with van der Waals surface area (Å²) in [6.07, 6.45) is 5.53. The van der Waals surface area contributed by atoms with Gasteiger partial charge in [-0.3, -0.25) is 4.55 Å². The Morgan fingerprint density at radius 2 is 1.76 bits per heavy atom. The largest absolute Gasteiger partial charge is 1.00 e. The summed E-state index contributed by atoms with van der Waals surface area (Å²) in [7, 11) is -4.13. The molecule has 0 aromatic heterocycles. The molecule has 0 aromatic carbocycles. The van der Waals surface area contributed by atoms with E-state index in [9.17, 15) is 28.8 Å². The van der Waals surface area contributed by atoms with Crippen molar-refractivity contribution in [1.82, 2.24) is 0 Å². The van der Waals surface area contributed by atoms with Crippen LogP contribution in [0.5, 0.6) is 0 Å². The van der Waals surface area contributed by atoms with Crippen molar-refractivity contribution in [1.29, 1.82) is 0 Å². The van der Waals surface area contributed by atoms with Gasteiger partial charge in [0.1, 0.15) is 0 Å². The number of aliphatic imine (C=N–C) groups is 1. The summed E-state index contributed by atoms with van der Waals surface area (Å²) in [6, 6.07) is 0. The van der Waals surface area contributed by atoms with Crippen LogP contribution in [0.15, 0.2) is 4.99 Å². The normalized spacial score (nSPS) is 44.5. The number of aliphatic hydroxyl groups excluding tert-OH is 3. The maximum absolute atomic E-state index is 12.2. The maximum Gasteiger partial charge on any atom is 1.00 e. The topological polar surface area (TPSA) is 182 Å². The minimum atomic E-state index is -4.13. The standard InChI is InChI=1S/C26H45NO7S.Na.H2O/c1-15(4-7-23(31)27-10-11-35(32,33)34)18-5-6-19-24-20(14-22(30)26(18,19)3)25(2)9-8-17(28)12-16(25)13-21(24)29;;/h15-22,24,28-30H,4-14H2,1-3H3,(H,27,31)(H,32,33,34);;1H2/q;+1;/p-1/t15-,16?,17-,18-,19?,20?,21-,22+,24?,25+,26-;;/m1../s1. The van der Waals surface area contributed by atoms with Gasteiger partial charge in [-0.15, -0.1) is 0 Å². The zero-order valence-electron chi connectivity index (χ0n) is 22.8. The summed E-state index contributed by atoms with van der Waals surface area (Å²) >= 11 is 0. The second kappa shape index (κ2) is 12.4. The fourth-order valence-electron chi connectivity index (χ4n) is 9.05. The van der Waals surface area contributed by atoms with E-state index in [0.717, 1.165) is 38.5 Å². The van der Waals surface area contributed by atoms with Crippen LogP contribution in [-0.2, 0) is 10.1 Å². The Morgan fingerprint density at radius 1 is 1.08 bits per heavy atom. The van der Waals surface area contributed by atoms with Gasteiger partial charge in [-0.1, -0.05) is 20.8 Å². The Hall–Kier alpha value is 0.220. The van der Waals surface area contributed by atoms with Crippen molar-refractivity contribution in [3.8, 4) is 0 Å². The van der Waals surface area contributed by atoms with Gasteiger partial charge < -0.3 is 30.9 Å². The summed E-state index contributed by atoms with van der Waals surface area (Å²) in [5, 5.41) is 45.4. The predicted octanol–water partition coefficient (Wildman–Crippen LogP) is -1.81. The molecule has 0 heterocycles. The van der Waals surface area contributed by atoms with Crippen molar-refractivity contribution in [3.05, 3.63) is 0 Å². The molecule has 4 saturated carbocycles. The Kier molecular flexibility index (Phi) is 11.2. The van der Waals surface area contributed by atoms with Gasteiger partial charge in [-0.25, -0.2) is 0 Å². The summed E-state index contributed by atoms with van der Waals surface area (Å²) in [4.78, 5) is 3.76. The molecule has 0 bridgehead atoms. The zero-order valence-corrected chi connectivity index (χ0v) is 25.7. The molecule has 0 amide bonds. The molecule has 4 rings (SSSR count). The number of nitrogens with zero attached hydrogens (tertiary/aromatic N) is 1. The van der Waals surface area contributed by atoms with Gasteiger partial charge in [-0.2, -0.15) is 8.42 Å². The van der Waals surface area contributed by atoms with Crippen LogP contribution in [0.1, 0.15) is 78.6 Å². The third-order valence-corrected chi connectivity index (χ3v) is 11.7. The van der Waals surface area contributed by atoms with E-state index in [0.29, 0.717) is 18.8 Å². The average Bonchev–Trinajstić information content (AvgIpc) is 3.12. The van der Waals surface area contributed by atoms with Crippen LogP contribution < -0.4 is 34.7 Å². The fraction of sp³-hybridized carbons (Fsp3) is 0.962. The summed E-state index contributed by atoms with van der Waals surface area (Å²) in [5.41, 5.74) is -0.269. The monoisotopic (exact) mass is 555 g/mol. The number of fused-ring (bicyclic) bond motifs is 5. The second-order valence-corrected chi connectivity index (χ2v) is 14.2. The van der Waals surface area contributed by atoms with Gasteiger partial charge in [0.2, 0.25) is 0 Å². The summed E-state index contributed by atoms with van der Waals surface area (Å²) in [5.74, 6) is 0.468. The molecule has 0 aliphatic heterocycles. The van der Waals surface area contributed by atoms with Crippen LogP contribution in [0.25, 0.3) is 0 Å². The van der Waals surface area contributed by atoms with Crippen LogP contribution in [-0.4, -0.2) is 70.3 Å². The molecule has 4 aliphatic carbocycles. The van der Waals surface area contributed by atoms with Gasteiger partial charge in [-0.05, 0) is 110 Å². The molecule has 0 saturated heterocycles. The smallest absolute Gasteiger partial charge is 0.862 e. The van der Waals surface area contributed by atoms with E-state index in [4.69, 9.17) is 4.55 Å². The van der Waals surface area contributed by atoms with Crippen LogP contribution in [0, 0.1) is 46.3 Å². The Labute approximate surface area is 243 Å². The second-order valence-electron chi connectivity index (χ2n) is 12.6. The Balaban J connectivity index is 0.00000241. The van der Waals surface area contributed by atoms with E-state index >= 15 is 0 Å². The molecule has 11 heteroatoms. The van der Waals surface area contributed by atoms with Crippen molar-refractivity contribution in [2.75, 3.05) is 12.3 Å².